The minimum absolute atomic E-state index is 0.00879. The Bertz CT molecular complexity index is 918. The van der Waals surface area contributed by atoms with Gasteiger partial charge in [0.05, 0.1) is 6.61 Å². The molecule has 31 heavy (non-hydrogen) atoms. The van der Waals surface area contributed by atoms with Crippen LogP contribution in [0.3, 0.4) is 0 Å². The van der Waals surface area contributed by atoms with Crippen LogP contribution in [0.2, 0.25) is 0 Å². The van der Waals surface area contributed by atoms with Crippen molar-refractivity contribution in [3.63, 3.8) is 0 Å². The van der Waals surface area contributed by atoms with Crippen LogP contribution < -0.4 is 14.8 Å². The van der Waals surface area contributed by atoms with Crippen LogP contribution in [0.1, 0.15) is 23.7 Å². The second-order valence-electron chi connectivity index (χ2n) is 7.39. The number of hydrogen-bond acceptors (Lipinski definition) is 4. The highest BCUT2D eigenvalue weighted by atomic mass is 19.1. The van der Waals surface area contributed by atoms with Crippen LogP contribution >= 0.6 is 0 Å². The third-order valence-corrected chi connectivity index (χ3v) is 5.12. The van der Waals surface area contributed by atoms with Gasteiger partial charge in [-0.25, -0.2) is 8.78 Å². The highest BCUT2D eigenvalue weighted by Crippen LogP contribution is 2.31. The molecule has 1 N–H and O–H groups in total. The van der Waals surface area contributed by atoms with Gasteiger partial charge in [0, 0.05) is 13.0 Å². The molecule has 0 aliphatic carbocycles. The van der Waals surface area contributed by atoms with Crippen LogP contribution in [0.25, 0.3) is 0 Å². The first-order valence-corrected chi connectivity index (χ1v) is 10.4. The van der Waals surface area contributed by atoms with Gasteiger partial charge in [0.1, 0.15) is 30.4 Å². The molecule has 0 saturated heterocycles. The molecule has 0 fully saturated rings. The van der Waals surface area contributed by atoms with Crippen molar-refractivity contribution < 1.29 is 23.0 Å². The van der Waals surface area contributed by atoms with Gasteiger partial charge < -0.3 is 19.5 Å². The standard InChI is InChI=1S/C25H25F2NO3/c26-20-9-5-18(6-10-20)25(19-7-11-21(27)12-8-19)29-16-15-28-14-13-22-17-30-23-3-1-2-4-24(23)31-22/h1-12,22,25,28H,13-17H2. The van der Waals surface area contributed by atoms with Crippen molar-refractivity contribution >= 4 is 0 Å². The molecule has 0 amide bonds. The Hall–Kier alpha value is -2.96. The zero-order valence-electron chi connectivity index (χ0n) is 17.1. The van der Waals surface area contributed by atoms with Crippen LogP contribution in [0.4, 0.5) is 8.78 Å². The second kappa shape index (κ2) is 10.4. The van der Waals surface area contributed by atoms with Crippen molar-refractivity contribution in [2.75, 3.05) is 26.3 Å². The van der Waals surface area contributed by atoms with Gasteiger partial charge in [0.15, 0.2) is 11.5 Å². The molecule has 4 nitrogen and oxygen atoms in total. The lowest BCUT2D eigenvalue weighted by Gasteiger charge is -2.26. The first kappa shape index (κ1) is 21.3. The summed E-state index contributed by atoms with van der Waals surface area (Å²) < 4.78 is 44.4. The van der Waals surface area contributed by atoms with Crippen molar-refractivity contribution in [3.8, 4) is 11.5 Å². The number of ether oxygens (including phenoxy) is 3. The van der Waals surface area contributed by atoms with E-state index in [9.17, 15) is 8.78 Å². The Labute approximate surface area is 180 Å². The molecule has 3 aromatic carbocycles. The molecular formula is C25H25F2NO3. The average Bonchev–Trinajstić information content (AvgIpc) is 2.80. The minimum atomic E-state index is -0.394. The molecule has 1 aliphatic rings. The van der Waals surface area contributed by atoms with E-state index in [0.717, 1.165) is 35.6 Å². The van der Waals surface area contributed by atoms with Crippen molar-refractivity contribution in [1.82, 2.24) is 5.32 Å². The van der Waals surface area contributed by atoms with Gasteiger partial charge in [-0.1, -0.05) is 36.4 Å². The quantitative estimate of drug-likeness (QED) is 0.496. The lowest BCUT2D eigenvalue weighted by molar-refractivity contribution is 0.0754. The summed E-state index contributed by atoms with van der Waals surface area (Å²) in [5, 5.41) is 3.35. The molecule has 0 saturated carbocycles. The predicted octanol–water partition coefficient (Wildman–Crippen LogP) is 4.89. The number of halogens is 2. The molecular weight excluding hydrogens is 400 g/mol. The van der Waals surface area contributed by atoms with Crippen LogP contribution in [-0.2, 0) is 4.74 Å². The number of hydrogen-bond donors (Lipinski definition) is 1. The van der Waals surface area contributed by atoms with Crippen molar-refractivity contribution in [3.05, 3.63) is 95.6 Å². The van der Waals surface area contributed by atoms with E-state index >= 15 is 0 Å². The van der Waals surface area contributed by atoms with Gasteiger partial charge in [0.25, 0.3) is 0 Å². The zero-order chi connectivity index (χ0) is 21.5. The lowest BCUT2D eigenvalue weighted by Crippen LogP contribution is -2.33. The number of rotatable bonds is 9. The third-order valence-electron chi connectivity index (χ3n) is 5.12. The summed E-state index contributed by atoms with van der Waals surface area (Å²) in [6.45, 7) is 2.39. The zero-order valence-corrected chi connectivity index (χ0v) is 17.1. The Morgan fingerprint density at radius 3 is 2.10 bits per heavy atom. The fraction of sp³-hybridized carbons (Fsp3) is 0.280. The van der Waals surface area contributed by atoms with Crippen LogP contribution in [-0.4, -0.2) is 32.4 Å². The van der Waals surface area contributed by atoms with Gasteiger partial charge in [-0.2, -0.15) is 0 Å². The Kier molecular flexibility index (Phi) is 7.12. The average molecular weight is 425 g/mol. The molecule has 3 aromatic rings. The number of fused-ring (bicyclic) bond motifs is 1. The van der Waals surface area contributed by atoms with E-state index in [1.54, 1.807) is 24.3 Å². The van der Waals surface area contributed by atoms with Crippen molar-refractivity contribution in [2.45, 2.75) is 18.6 Å². The van der Waals surface area contributed by atoms with Gasteiger partial charge in [-0.15, -0.1) is 0 Å². The largest absolute Gasteiger partial charge is 0.486 e. The highest BCUT2D eigenvalue weighted by molar-refractivity contribution is 5.40. The summed E-state index contributed by atoms with van der Waals surface area (Å²) in [6.07, 6.45) is 0.428. The van der Waals surface area contributed by atoms with E-state index < -0.39 is 6.10 Å². The summed E-state index contributed by atoms with van der Waals surface area (Å²) in [4.78, 5) is 0. The third kappa shape index (κ3) is 5.81. The fourth-order valence-corrected chi connectivity index (χ4v) is 3.50. The van der Waals surface area contributed by atoms with E-state index in [1.807, 2.05) is 24.3 Å². The van der Waals surface area contributed by atoms with Crippen molar-refractivity contribution in [2.24, 2.45) is 0 Å². The monoisotopic (exact) mass is 425 g/mol. The minimum Gasteiger partial charge on any atom is -0.486 e. The maximum absolute atomic E-state index is 13.3. The SMILES string of the molecule is Fc1ccc(C(OCCNCCC2COc3ccccc3O2)c2ccc(F)cc2)cc1. The van der Waals surface area contributed by atoms with Crippen LogP contribution in [0.15, 0.2) is 72.8 Å². The molecule has 1 atom stereocenters. The molecule has 4 rings (SSSR count). The van der Waals surface area contributed by atoms with E-state index in [2.05, 4.69) is 5.32 Å². The van der Waals surface area contributed by atoms with E-state index in [1.165, 1.54) is 24.3 Å². The molecule has 162 valence electrons. The maximum Gasteiger partial charge on any atom is 0.161 e. The van der Waals surface area contributed by atoms with Gasteiger partial charge in [-0.3, -0.25) is 0 Å². The molecule has 1 unspecified atom stereocenters. The van der Waals surface area contributed by atoms with Crippen LogP contribution in [0.5, 0.6) is 11.5 Å². The highest BCUT2D eigenvalue weighted by Gasteiger charge is 2.20. The first-order chi connectivity index (χ1) is 15.2. The fourth-order valence-electron chi connectivity index (χ4n) is 3.50. The maximum atomic E-state index is 13.3. The molecule has 0 bridgehead atoms. The van der Waals surface area contributed by atoms with Crippen molar-refractivity contribution in [1.29, 1.82) is 0 Å². The molecule has 0 aromatic heterocycles. The first-order valence-electron chi connectivity index (χ1n) is 10.4. The molecule has 0 spiro atoms. The predicted molar refractivity (Wildman–Crippen MR) is 114 cm³/mol. The summed E-state index contributed by atoms with van der Waals surface area (Å²) >= 11 is 0. The van der Waals surface area contributed by atoms with Crippen LogP contribution in [0, 0.1) is 11.6 Å². The van der Waals surface area contributed by atoms with E-state index in [4.69, 9.17) is 14.2 Å². The summed E-state index contributed by atoms with van der Waals surface area (Å²) in [6, 6.07) is 20.0. The number of para-hydroxylation sites is 2. The Balaban J connectivity index is 1.24. The lowest BCUT2D eigenvalue weighted by atomic mass is 10.0. The molecule has 0 radical (unpaired) electrons. The summed E-state index contributed by atoms with van der Waals surface area (Å²) in [5.41, 5.74) is 1.64. The number of nitrogens with one attached hydrogen (secondary N) is 1. The van der Waals surface area contributed by atoms with E-state index in [-0.39, 0.29) is 17.7 Å². The smallest absolute Gasteiger partial charge is 0.161 e. The topological polar surface area (TPSA) is 39.7 Å². The van der Waals surface area contributed by atoms with Gasteiger partial charge >= 0.3 is 0 Å². The normalized spacial score (nSPS) is 15.3. The molecule has 6 heteroatoms. The second-order valence-corrected chi connectivity index (χ2v) is 7.39. The number of benzene rings is 3. The molecule has 1 aliphatic heterocycles. The Morgan fingerprint density at radius 1 is 0.839 bits per heavy atom. The summed E-state index contributed by atoms with van der Waals surface area (Å²) in [5.74, 6) is 0.955. The Morgan fingerprint density at radius 2 is 1.45 bits per heavy atom. The van der Waals surface area contributed by atoms with E-state index in [0.29, 0.717) is 19.8 Å². The van der Waals surface area contributed by atoms with Gasteiger partial charge in [0.2, 0.25) is 0 Å². The van der Waals surface area contributed by atoms with Gasteiger partial charge in [-0.05, 0) is 54.1 Å². The summed E-state index contributed by atoms with van der Waals surface area (Å²) in [7, 11) is 0. The molecule has 1 heterocycles.